The molecule has 32 heavy (non-hydrogen) atoms. The van der Waals surface area contributed by atoms with Crippen molar-refractivity contribution in [1.29, 1.82) is 0 Å². The van der Waals surface area contributed by atoms with Crippen molar-refractivity contribution in [2.75, 3.05) is 18.0 Å². The number of carbonyl (C=O) groups is 1. The molecule has 1 aromatic heterocycles. The van der Waals surface area contributed by atoms with Gasteiger partial charge in [-0.25, -0.2) is 4.98 Å². The summed E-state index contributed by atoms with van der Waals surface area (Å²) in [4.78, 5) is 22.2. The molecule has 1 saturated heterocycles. The van der Waals surface area contributed by atoms with E-state index in [1.807, 2.05) is 12.3 Å². The van der Waals surface area contributed by atoms with Crippen LogP contribution in [0.4, 0.5) is 5.82 Å². The van der Waals surface area contributed by atoms with E-state index in [1.54, 1.807) is 0 Å². The molecule has 1 amide bonds. The van der Waals surface area contributed by atoms with Gasteiger partial charge in [0.1, 0.15) is 5.82 Å². The Kier molecular flexibility index (Phi) is 6.17. The molecule has 3 aromatic rings. The van der Waals surface area contributed by atoms with Crippen molar-refractivity contribution in [2.24, 2.45) is 0 Å². The molecule has 164 valence electrons. The summed E-state index contributed by atoms with van der Waals surface area (Å²) in [5.41, 5.74) is 5.12. The van der Waals surface area contributed by atoms with Crippen molar-refractivity contribution in [3.63, 3.8) is 0 Å². The molecule has 3 heterocycles. The highest BCUT2D eigenvalue weighted by molar-refractivity contribution is 5.82. The quantitative estimate of drug-likeness (QED) is 0.649. The molecular weight excluding hydrogens is 396 g/mol. The third kappa shape index (κ3) is 4.68. The van der Waals surface area contributed by atoms with Crippen LogP contribution in [0.15, 0.2) is 72.9 Å². The number of rotatable bonds is 6. The number of fused-ring (bicyclic) bond motifs is 1. The molecule has 2 aliphatic rings. The lowest BCUT2D eigenvalue weighted by molar-refractivity contribution is -0.125. The first-order valence-corrected chi connectivity index (χ1v) is 11.6. The van der Waals surface area contributed by atoms with Crippen molar-refractivity contribution >= 4 is 11.7 Å². The van der Waals surface area contributed by atoms with Gasteiger partial charge >= 0.3 is 0 Å². The molecule has 2 aliphatic heterocycles. The average molecular weight is 427 g/mol. The average Bonchev–Trinajstić information content (AvgIpc) is 3.31. The van der Waals surface area contributed by atoms with Crippen LogP contribution in [0.5, 0.6) is 0 Å². The van der Waals surface area contributed by atoms with E-state index in [1.165, 1.54) is 16.7 Å². The predicted octanol–water partition coefficient (Wildman–Crippen LogP) is 3.93. The monoisotopic (exact) mass is 426 g/mol. The summed E-state index contributed by atoms with van der Waals surface area (Å²) in [5.74, 6) is 1.12. The Labute approximate surface area is 190 Å². The molecule has 2 aromatic carbocycles. The molecule has 0 bridgehead atoms. The van der Waals surface area contributed by atoms with Crippen molar-refractivity contribution in [3.8, 4) is 0 Å². The fourth-order valence-corrected chi connectivity index (χ4v) is 4.84. The molecule has 1 fully saturated rings. The first-order valence-electron chi connectivity index (χ1n) is 11.6. The van der Waals surface area contributed by atoms with Gasteiger partial charge in [0.05, 0.1) is 6.04 Å². The normalized spacial score (nSPS) is 18.4. The van der Waals surface area contributed by atoms with Gasteiger partial charge < -0.3 is 10.2 Å². The molecule has 1 unspecified atom stereocenters. The van der Waals surface area contributed by atoms with E-state index in [0.717, 1.165) is 56.8 Å². The van der Waals surface area contributed by atoms with Gasteiger partial charge in [-0.3, -0.25) is 9.69 Å². The predicted molar refractivity (Wildman–Crippen MR) is 127 cm³/mol. The van der Waals surface area contributed by atoms with E-state index >= 15 is 0 Å². The van der Waals surface area contributed by atoms with Crippen LogP contribution < -0.4 is 10.2 Å². The van der Waals surface area contributed by atoms with Crippen LogP contribution in [0.2, 0.25) is 0 Å². The lowest BCUT2D eigenvalue weighted by Gasteiger charge is -2.29. The van der Waals surface area contributed by atoms with Crippen LogP contribution in [0, 0.1) is 0 Å². The van der Waals surface area contributed by atoms with Gasteiger partial charge in [-0.15, -0.1) is 0 Å². The minimum absolute atomic E-state index is 0.0455. The van der Waals surface area contributed by atoms with Gasteiger partial charge in [0.2, 0.25) is 5.91 Å². The van der Waals surface area contributed by atoms with Crippen LogP contribution in [-0.2, 0) is 30.8 Å². The van der Waals surface area contributed by atoms with E-state index in [0.29, 0.717) is 6.54 Å². The summed E-state index contributed by atoms with van der Waals surface area (Å²) in [6, 6.07) is 23.1. The number of anilines is 1. The maximum atomic E-state index is 12.9. The Morgan fingerprint density at radius 3 is 2.56 bits per heavy atom. The standard InChI is InChI=1S/C27H30N4O/c32-27(25-11-6-15-30(25)19-21-7-2-1-3-8-21)29-18-22-12-13-26(28-17-22)31-16-14-23-9-4-5-10-24(23)20-31/h1-5,7-10,12-13,17,25H,6,11,14-16,18-20H2,(H,29,32). The summed E-state index contributed by atoms with van der Waals surface area (Å²) < 4.78 is 0. The van der Waals surface area contributed by atoms with Crippen molar-refractivity contribution < 1.29 is 4.79 Å². The van der Waals surface area contributed by atoms with Crippen molar-refractivity contribution in [2.45, 2.75) is 44.9 Å². The Morgan fingerprint density at radius 2 is 1.75 bits per heavy atom. The van der Waals surface area contributed by atoms with Crippen molar-refractivity contribution in [1.82, 2.24) is 15.2 Å². The number of likely N-dealkylation sites (tertiary alicyclic amines) is 1. The Balaban J connectivity index is 1.15. The third-order valence-electron chi connectivity index (χ3n) is 6.63. The van der Waals surface area contributed by atoms with Crippen LogP contribution in [-0.4, -0.2) is 34.9 Å². The van der Waals surface area contributed by atoms with E-state index < -0.39 is 0 Å². The summed E-state index contributed by atoms with van der Waals surface area (Å²) in [5, 5.41) is 3.13. The zero-order chi connectivity index (χ0) is 21.8. The number of carbonyl (C=O) groups excluding carboxylic acids is 1. The highest BCUT2D eigenvalue weighted by atomic mass is 16.2. The fourth-order valence-electron chi connectivity index (χ4n) is 4.84. The highest BCUT2D eigenvalue weighted by Crippen LogP contribution is 2.23. The minimum Gasteiger partial charge on any atom is -0.352 e. The number of pyridine rings is 1. The van der Waals surface area contributed by atoms with E-state index in [4.69, 9.17) is 0 Å². The van der Waals surface area contributed by atoms with Crippen LogP contribution >= 0.6 is 0 Å². The summed E-state index contributed by atoms with van der Waals surface area (Å²) in [6.07, 6.45) is 4.94. The van der Waals surface area contributed by atoms with Gasteiger partial charge in [0.25, 0.3) is 0 Å². The lowest BCUT2D eigenvalue weighted by Crippen LogP contribution is -2.42. The lowest BCUT2D eigenvalue weighted by atomic mass is 10.00. The first kappa shape index (κ1) is 20.7. The number of benzene rings is 2. The van der Waals surface area contributed by atoms with Crippen molar-refractivity contribution in [3.05, 3.63) is 95.2 Å². The zero-order valence-electron chi connectivity index (χ0n) is 18.4. The molecule has 0 aliphatic carbocycles. The summed E-state index contributed by atoms with van der Waals surface area (Å²) in [6.45, 7) is 4.21. The molecule has 1 N–H and O–H groups in total. The number of hydrogen-bond donors (Lipinski definition) is 1. The number of hydrogen-bond acceptors (Lipinski definition) is 4. The topological polar surface area (TPSA) is 48.5 Å². The Hall–Kier alpha value is -3.18. The largest absolute Gasteiger partial charge is 0.352 e. The number of amides is 1. The number of nitrogens with one attached hydrogen (secondary N) is 1. The third-order valence-corrected chi connectivity index (χ3v) is 6.63. The van der Waals surface area contributed by atoms with Crippen LogP contribution in [0.1, 0.15) is 35.1 Å². The molecule has 5 nitrogen and oxygen atoms in total. The SMILES string of the molecule is O=C(NCc1ccc(N2CCc3ccccc3C2)nc1)C1CCCN1Cc1ccccc1. The second-order valence-corrected chi connectivity index (χ2v) is 8.80. The van der Waals surface area contributed by atoms with Gasteiger partial charge in [-0.2, -0.15) is 0 Å². The van der Waals surface area contributed by atoms with Crippen LogP contribution in [0.25, 0.3) is 0 Å². The Bertz CT molecular complexity index is 1050. The molecule has 0 radical (unpaired) electrons. The number of nitrogens with zero attached hydrogens (tertiary/aromatic N) is 3. The molecule has 5 rings (SSSR count). The van der Waals surface area contributed by atoms with E-state index in [9.17, 15) is 4.79 Å². The maximum absolute atomic E-state index is 12.9. The second-order valence-electron chi connectivity index (χ2n) is 8.80. The Morgan fingerprint density at radius 1 is 0.938 bits per heavy atom. The summed E-state index contributed by atoms with van der Waals surface area (Å²) >= 11 is 0. The molecule has 0 saturated carbocycles. The fraction of sp³-hybridized carbons (Fsp3) is 0.333. The smallest absolute Gasteiger partial charge is 0.237 e. The summed E-state index contributed by atoms with van der Waals surface area (Å²) in [7, 11) is 0. The van der Waals surface area contributed by atoms with E-state index in [-0.39, 0.29) is 11.9 Å². The minimum atomic E-state index is -0.0455. The van der Waals surface area contributed by atoms with E-state index in [2.05, 4.69) is 80.8 Å². The second kappa shape index (κ2) is 9.53. The highest BCUT2D eigenvalue weighted by Gasteiger charge is 2.30. The van der Waals surface area contributed by atoms with Gasteiger partial charge in [-0.1, -0.05) is 60.7 Å². The zero-order valence-corrected chi connectivity index (χ0v) is 18.4. The molecule has 0 spiro atoms. The van der Waals surface area contributed by atoms with Gasteiger partial charge in [-0.05, 0) is 54.1 Å². The number of aromatic nitrogens is 1. The molecular formula is C27H30N4O. The molecule has 1 atom stereocenters. The van der Waals surface area contributed by atoms with Gasteiger partial charge in [0.15, 0.2) is 0 Å². The maximum Gasteiger partial charge on any atom is 0.237 e. The first-order chi connectivity index (χ1) is 15.8. The molecule has 5 heteroatoms. The van der Waals surface area contributed by atoms with Gasteiger partial charge in [0, 0.05) is 32.4 Å². The van der Waals surface area contributed by atoms with Crippen LogP contribution in [0.3, 0.4) is 0 Å².